The van der Waals surface area contributed by atoms with Crippen molar-refractivity contribution >= 4 is 11.9 Å². The quantitative estimate of drug-likeness (QED) is 0.834. The fourth-order valence-electron chi connectivity index (χ4n) is 1.37. The van der Waals surface area contributed by atoms with E-state index >= 15 is 0 Å². The Morgan fingerprint density at radius 3 is 2.72 bits per heavy atom. The van der Waals surface area contributed by atoms with Gasteiger partial charge in [0.05, 0.1) is 0 Å². The zero-order valence-electron chi connectivity index (χ0n) is 10.1. The van der Waals surface area contributed by atoms with E-state index in [9.17, 15) is 14.0 Å². The zero-order valence-corrected chi connectivity index (χ0v) is 10.1. The van der Waals surface area contributed by atoms with Crippen molar-refractivity contribution in [1.82, 2.24) is 5.32 Å². The van der Waals surface area contributed by atoms with Crippen molar-refractivity contribution in [2.75, 3.05) is 6.54 Å². The highest BCUT2D eigenvalue weighted by atomic mass is 19.1. The number of aromatic carboxylic acids is 1. The molecule has 98 valence electrons. The van der Waals surface area contributed by atoms with Crippen molar-refractivity contribution in [3.8, 4) is 5.75 Å². The summed E-state index contributed by atoms with van der Waals surface area (Å²) in [5, 5.41) is 11.4. The lowest BCUT2D eigenvalue weighted by Gasteiger charge is -2.15. The molecule has 1 amide bonds. The number of amides is 1. The van der Waals surface area contributed by atoms with E-state index in [1.165, 1.54) is 19.1 Å². The van der Waals surface area contributed by atoms with Gasteiger partial charge in [0, 0.05) is 6.54 Å². The van der Waals surface area contributed by atoms with Crippen LogP contribution in [0.1, 0.15) is 24.2 Å². The summed E-state index contributed by atoms with van der Waals surface area (Å²) < 4.78 is 18.5. The predicted octanol–water partition coefficient (Wildman–Crippen LogP) is 1.43. The molecular formula is C12H14FNO4. The highest BCUT2D eigenvalue weighted by Gasteiger charge is 2.21. The van der Waals surface area contributed by atoms with Gasteiger partial charge in [-0.3, -0.25) is 4.79 Å². The van der Waals surface area contributed by atoms with Crippen LogP contribution in [0, 0.1) is 5.82 Å². The van der Waals surface area contributed by atoms with Crippen LogP contribution in [0.2, 0.25) is 0 Å². The highest BCUT2D eigenvalue weighted by molar-refractivity contribution is 5.91. The number of carboxylic acid groups (broad SMARTS) is 1. The summed E-state index contributed by atoms with van der Waals surface area (Å²) in [5.41, 5.74) is -0.575. The molecule has 0 bridgehead atoms. The summed E-state index contributed by atoms with van der Waals surface area (Å²) in [7, 11) is 0. The molecule has 0 aliphatic heterocycles. The number of carboxylic acids is 1. The van der Waals surface area contributed by atoms with Gasteiger partial charge in [0.25, 0.3) is 5.91 Å². The first-order chi connectivity index (χ1) is 8.47. The minimum absolute atomic E-state index is 0.166. The first-order valence-corrected chi connectivity index (χ1v) is 5.43. The van der Waals surface area contributed by atoms with E-state index in [0.717, 1.165) is 6.07 Å². The normalized spacial score (nSPS) is 11.7. The van der Waals surface area contributed by atoms with Crippen LogP contribution < -0.4 is 10.1 Å². The van der Waals surface area contributed by atoms with Gasteiger partial charge in [0.1, 0.15) is 17.1 Å². The largest absolute Gasteiger partial charge is 0.480 e. The molecule has 1 unspecified atom stereocenters. The molecule has 0 saturated carbocycles. The van der Waals surface area contributed by atoms with Gasteiger partial charge in [0.15, 0.2) is 6.10 Å². The maximum atomic E-state index is 13.3. The molecule has 0 saturated heterocycles. The minimum Gasteiger partial charge on any atom is -0.480 e. The maximum Gasteiger partial charge on any atom is 0.342 e. The molecule has 2 N–H and O–H groups in total. The van der Waals surface area contributed by atoms with Crippen molar-refractivity contribution in [2.24, 2.45) is 0 Å². The molecule has 1 rings (SSSR count). The van der Waals surface area contributed by atoms with Crippen LogP contribution in [0.3, 0.4) is 0 Å². The molecule has 18 heavy (non-hydrogen) atoms. The smallest absolute Gasteiger partial charge is 0.342 e. The molecule has 0 aromatic heterocycles. The molecule has 1 aromatic carbocycles. The maximum absolute atomic E-state index is 13.3. The fourth-order valence-corrected chi connectivity index (χ4v) is 1.37. The summed E-state index contributed by atoms with van der Waals surface area (Å²) in [4.78, 5) is 22.3. The number of hydrogen-bond donors (Lipinski definition) is 2. The fraction of sp³-hybridized carbons (Fsp3) is 0.333. The number of carbonyl (C=O) groups is 2. The van der Waals surface area contributed by atoms with E-state index in [1.54, 1.807) is 6.92 Å². The molecule has 5 nitrogen and oxygen atoms in total. The van der Waals surface area contributed by atoms with Crippen LogP contribution >= 0.6 is 0 Å². The topological polar surface area (TPSA) is 75.6 Å². The van der Waals surface area contributed by atoms with Crippen LogP contribution in [-0.2, 0) is 4.79 Å². The number of likely N-dealkylation sites (N-methyl/N-ethyl adjacent to an activating group) is 1. The molecule has 0 fully saturated rings. The van der Waals surface area contributed by atoms with Crippen molar-refractivity contribution in [2.45, 2.75) is 20.0 Å². The molecule has 6 heteroatoms. The van der Waals surface area contributed by atoms with Gasteiger partial charge in [-0.2, -0.15) is 0 Å². The molecule has 0 aliphatic rings. The van der Waals surface area contributed by atoms with Crippen LogP contribution in [0.25, 0.3) is 0 Å². The van der Waals surface area contributed by atoms with E-state index < -0.39 is 29.4 Å². The lowest BCUT2D eigenvalue weighted by atomic mass is 10.2. The Balaban J connectivity index is 2.94. The monoisotopic (exact) mass is 255 g/mol. The lowest BCUT2D eigenvalue weighted by Crippen LogP contribution is -2.36. The Morgan fingerprint density at radius 2 is 2.17 bits per heavy atom. The molecule has 0 heterocycles. The second kappa shape index (κ2) is 6.00. The van der Waals surface area contributed by atoms with E-state index in [4.69, 9.17) is 9.84 Å². The molecule has 0 aliphatic carbocycles. The number of carbonyl (C=O) groups excluding carboxylic acids is 1. The molecule has 1 atom stereocenters. The van der Waals surface area contributed by atoms with E-state index in [0.29, 0.717) is 6.54 Å². The minimum atomic E-state index is -1.44. The first kappa shape index (κ1) is 14.0. The Morgan fingerprint density at radius 1 is 1.50 bits per heavy atom. The number of rotatable bonds is 5. The average molecular weight is 255 g/mol. The third kappa shape index (κ3) is 3.19. The standard InChI is InChI=1S/C12H14FNO4/c1-3-14-11(15)7(2)18-9-6-4-5-8(13)10(9)12(16)17/h4-7H,3H2,1-2H3,(H,14,15)(H,16,17). The van der Waals surface area contributed by atoms with Gasteiger partial charge in [-0.15, -0.1) is 0 Å². The molecule has 0 radical (unpaired) electrons. The summed E-state index contributed by atoms with van der Waals surface area (Å²) in [5.74, 6) is -2.89. The van der Waals surface area contributed by atoms with Crippen molar-refractivity contribution in [3.05, 3.63) is 29.6 Å². The number of halogens is 1. The summed E-state index contributed by atoms with van der Waals surface area (Å²) in [6.07, 6.45) is -0.898. The van der Waals surface area contributed by atoms with Gasteiger partial charge >= 0.3 is 5.97 Å². The molecule has 0 spiro atoms. The Labute approximate surface area is 104 Å². The van der Waals surface area contributed by atoms with Gasteiger partial charge in [-0.05, 0) is 26.0 Å². The Bertz CT molecular complexity index is 461. The van der Waals surface area contributed by atoms with Gasteiger partial charge in [-0.25, -0.2) is 9.18 Å². The van der Waals surface area contributed by atoms with E-state index in [-0.39, 0.29) is 5.75 Å². The van der Waals surface area contributed by atoms with Crippen LogP contribution in [0.5, 0.6) is 5.75 Å². The SMILES string of the molecule is CCNC(=O)C(C)Oc1cccc(F)c1C(=O)O. The number of ether oxygens (including phenoxy) is 1. The third-order valence-electron chi connectivity index (χ3n) is 2.21. The number of nitrogens with one attached hydrogen (secondary N) is 1. The second-order valence-electron chi connectivity index (χ2n) is 3.57. The Kier molecular flexibility index (Phi) is 4.65. The van der Waals surface area contributed by atoms with Crippen molar-refractivity contribution < 1.29 is 23.8 Å². The average Bonchev–Trinajstić information content (AvgIpc) is 2.28. The van der Waals surface area contributed by atoms with Gasteiger partial charge in [0.2, 0.25) is 0 Å². The van der Waals surface area contributed by atoms with E-state index in [2.05, 4.69) is 5.32 Å². The van der Waals surface area contributed by atoms with E-state index in [1.807, 2.05) is 0 Å². The second-order valence-corrected chi connectivity index (χ2v) is 3.57. The van der Waals surface area contributed by atoms with Gasteiger partial charge < -0.3 is 15.2 Å². The summed E-state index contributed by atoms with van der Waals surface area (Å²) in [6, 6.07) is 3.65. The van der Waals surface area contributed by atoms with Crippen molar-refractivity contribution in [1.29, 1.82) is 0 Å². The number of benzene rings is 1. The molecule has 1 aromatic rings. The summed E-state index contributed by atoms with van der Waals surface area (Å²) >= 11 is 0. The third-order valence-corrected chi connectivity index (χ3v) is 2.21. The molecular weight excluding hydrogens is 241 g/mol. The van der Waals surface area contributed by atoms with Gasteiger partial charge in [-0.1, -0.05) is 6.07 Å². The van der Waals surface area contributed by atoms with Crippen LogP contribution in [-0.4, -0.2) is 29.6 Å². The first-order valence-electron chi connectivity index (χ1n) is 5.43. The van der Waals surface area contributed by atoms with Crippen LogP contribution in [0.15, 0.2) is 18.2 Å². The summed E-state index contributed by atoms with van der Waals surface area (Å²) in [6.45, 7) is 3.64. The Hall–Kier alpha value is -2.11. The lowest BCUT2D eigenvalue weighted by molar-refractivity contribution is -0.127. The van der Waals surface area contributed by atoms with Crippen LogP contribution in [0.4, 0.5) is 4.39 Å². The highest BCUT2D eigenvalue weighted by Crippen LogP contribution is 2.22. The zero-order chi connectivity index (χ0) is 13.7. The predicted molar refractivity (Wildman–Crippen MR) is 62.1 cm³/mol. The van der Waals surface area contributed by atoms with Crippen molar-refractivity contribution in [3.63, 3.8) is 0 Å². The number of hydrogen-bond acceptors (Lipinski definition) is 3.